The molecule has 1 aliphatic carbocycles. The van der Waals surface area contributed by atoms with Gasteiger partial charge in [-0.25, -0.2) is 4.99 Å². The third kappa shape index (κ3) is 3.14. The van der Waals surface area contributed by atoms with Crippen molar-refractivity contribution in [1.29, 1.82) is 0 Å². The molecule has 17 heavy (non-hydrogen) atoms. The van der Waals surface area contributed by atoms with Gasteiger partial charge in [0.1, 0.15) is 0 Å². The number of amides is 1. The van der Waals surface area contributed by atoms with Crippen molar-refractivity contribution in [3.63, 3.8) is 0 Å². The lowest BCUT2D eigenvalue weighted by Gasteiger charge is -2.03. The summed E-state index contributed by atoms with van der Waals surface area (Å²) in [7, 11) is 0. The maximum Gasteiger partial charge on any atom is 0.277 e. The van der Waals surface area contributed by atoms with Gasteiger partial charge in [-0.1, -0.05) is 35.4 Å². The van der Waals surface area contributed by atoms with E-state index in [0.29, 0.717) is 17.0 Å². The molecule has 2 nitrogen and oxygen atoms in total. The summed E-state index contributed by atoms with van der Waals surface area (Å²) in [6.45, 7) is 1.98. The Bertz CT molecular complexity index is 524. The highest BCUT2D eigenvalue weighted by atomic mass is 35.5. The third-order valence-corrected chi connectivity index (χ3v) is 2.77. The highest BCUT2D eigenvalue weighted by molar-refractivity contribution is 6.32. The highest BCUT2D eigenvalue weighted by Crippen LogP contribution is 2.13. The normalized spacial score (nSPS) is 17.1. The molecule has 3 heteroatoms. The van der Waals surface area contributed by atoms with E-state index in [1.54, 1.807) is 24.3 Å². The molecule has 86 valence electrons. The first-order valence-electron chi connectivity index (χ1n) is 5.37. The smallest absolute Gasteiger partial charge is 0.267 e. The quantitative estimate of drug-likeness (QED) is 0.743. The zero-order valence-corrected chi connectivity index (χ0v) is 10.2. The van der Waals surface area contributed by atoms with Gasteiger partial charge in [-0.15, -0.1) is 0 Å². The Balaban J connectivity index is 2.15. The van der Waals surface area contributed by atoms with E-state index in [1.165, 1.54) is 0 Å². The first-order valence-corrected chi connectivity index (χ1v) is 5.75. The number of halogens is 1. The van der Waals surface area contributed by atoms with Crippen LogP contribution < -0.4 is 0 Å². The van der Waals surface area contributed by atoms with Crippen molar-refractivity contribution in [3.8, 4) is 0 Å². The van der Waals surface area contributed by atoms with Crippen LogP contribution in [0.4, 0.5) is 0 Å². The van der Waals surface area contributed by atoms with Gasteiger partial charge in [-0.2, -0.15) is 0 Å². The van der Waals surface area contributed by atoms with Gasteiger partial charge >= 0.3 is 0 Å². The van der Waals surface area contributed by atoms with E-state index in [1.807, 2.05) is 25.1 Å². The van der Waals surface area contributed by atoms with Crippen LogP contribution in [0.2, 0.25) is 0 Å². The fourth-order valence-corrected chi connectivity index (χ4v) is 1.63. The van der Waals surface area contributed by atoms with E-state index < -0.39 is 0 Å². The number of hydrogen-bond donors (Lipinski definition) is 0. The largest absolute Gasteiger partial charge is 0.277 e. The second-order valence-corrected chi connectivity index (χ2v) is 4.34. The molecule has 0 saturated heterocycles. The number of carbonyl (C=O) groups is 1. The summed E-state index contributed by atoms with van der Waals surface area (Å²) >= 11 is 5.79. The first kappa shape index (κ1) is 11.8. The standard InChI is InChI=1S/C14H12ClNO/c1-10-2-4-11(5-3-10)14(17)16-13-8-6-12(15)7-9-13/h2-8H,9H2,1H3. The number of benzene rings is 1. The minimum absolute atomic E-state index is 0.212. The molecule has 0 N–H and O–H groups in total. The van der Waals surface area contributed by atoms with Crippen LogP contribution in [0.15, 0.2) is 52.5 Å². The van der Waals surface area contributed by atoms with Crippen LogP contribution in [0.1, 0.15) is 22.3 Å². The number of rotatable bonds is 1. The van der Waals surface area contributed by atoms with E-state index in [4.69, 9.17) is 11.6 Å². The lowest BCUT2D eigenvalue weighted by Crippen LogP contribution is -2.03. The zero-order chi connectivity index (χ0) is 12.3. The fourth-order valence-electron chi connectivity index (χ4n) is 1.49. The molecule has 1 aromatic carbocycles. The number of allylic oxidation sites excluding steroid dienone is 4. The summed E-state index contributed by atoms with van der Waals surface area (Å²) in [5, 5.41) is 0.687. The summed E-state index contributed by atoms with van der Waals surface area (Å²) in [5.74, 6) is -0.212. The Labute approximate surface area is 105 Å². The molecular formula is C14H12ClNO. The molecule has 2 rings (SSSR count). The average molecular weight is 246 g/mol. The molecule has 0 heterocycles. The summed E-state index contributed by atoms with van der Waals surface area (Å²) < 4.78 is 0. The van der Waals surface area contributed by atoms with Crippen LogP contribution >= 0.6 is 11.6 Å². The molecule has 0 radical (unpaired) electrons. The van der Waals surface area contributed by atoms with Gasteiger partial charge in [0.05, 0.1) is 0 Å². The van der Waals surface area contributed by atoms with Crippen LogP contribution in [0, 0.1) is 6.92 Å². The van der Waals surface area contributed by atoms with Gasteiger partial charge in [0.25, 0.3) is 5.91 Å². The third-order valence-electron chi connectivity index (χ3n) is 2.48. The van der Waals surface area contributed by atoms with Crippen molar-refractivity contribution in [2.45, 2.75) is 13.3 Å². The second-order valence-electron chi connectivity index (χ2n) is 3.90. The molecular weight excluding hydrogens is 234 g/mol. The van der Waals surface area contributed by atoms with Crippen molar-refractivity contribution >= 4 is 23.2 Å². The lowest BCUT2D eigenvalue weighted by atomic mass is 10.1. The van der Waals surface area contributed by atoms with E-state index in [2.05, 4.69) is 4.99 Å². The predicted molar refractivity (Wildman–Crippen MR) is 70.6 cm³/mol. The van der Waals surface area contributed by atoms with Gasteiger partial charge in [0, 0.05) is 22.7 Å². The first-order chi connectivity index (χ1) is 8.15. The Morgan fingerprint density at radius 2 is 1.94 bits per heavy atom. The predicted octanol–water partition coefficient (Wildman–Crippen LogP) is 3.66. The van der Waals surface area contributed by atoms with Crippen LogP contribution in [0.25, 0.3) is 0 Å². The van der Waals surface area contributed by atoms with Crippen molar-refractivity contribution in [2.75, 3.05) is 0 Å². The van der Waals surface area contributed by atoms with E-state index in [0.717, 1.165) is 11.3 Å². The van der Waals surface area contributed by atoms with Crippen LogP contribution in [0.3, 0.4) is 0 Å². The summed E-state index contributed by atoms with van der Waals surface area (Å²) in [5.41, 5.74) is 2.47. The minimum Gasteiger partial charge on any atom is -0.267 e. The molecule has 0 spiro atoms. The molecule has 1 aliphatic rings. The molecule has 0 unspecified atom stereocenters. The summed E-state index contributed by atoms with van der Waals surface area (Å²) in [6.07, 6.45) is 5.95. The fraction of sp³-hybridized carbons (Fsp3) is 0.143. The Kier molecular flexibility index (Phi) is 3.55. The number of carbonyl (C=O) groups excluding carboxylic acids is 1. The van der Waals surface area contributed by atoms with Crippen molar-refractivity contribution in [1.82, 2.24) is 0 Å². The van der Waals surface area contributed by atoms with E-state index in [9.17, 15) is 4.79 Å². The molecule has 1 aromatic rings. The van der Waals surface area contributed by atoms with Gasteiger partial charge in [-0.05, 0) is 31.2 Å². The zero-order valence-electron chi connectivity index (χ0n) is 9.48. The molecule has 1 amide bonds. The summed E-state index contributed by atoms with van der Waals surface area (Å²) in [6, 6.07) is 7.38. The van der Waals surface area contributed by atoms with E-state index in [-0.39, 0.29) is 5.91 Å². The Hall–Kier alpha value is -1.67. The monoisotopic (exact) mass is 245 g/mol. The topological polar surface area (TPSA) is 29.4 Å². The molecule has 0 bridgehead atoms. The maximum atomic E-state index is 11.8. The number of aryl methyl sites for hydroxylation is 1. The Morgan fingerprint density at radius 1 is 1.24 bits per heavy atom. The minimum atomic E-state index is -0.212. The molecule has 0 aromatic heterocycles. The lowest BCUT2D eigenvalue weighted by molar-refractivity contribution is 0.100. The van der Waals surface area contributed by atoms with Crippen molar-refractivity contribution in [2.24, 2.45) is 4.99 Å². The second kappa shape index (κ2) is 5.11. The molecule has 0 atom stereocenters. The van der Waals surface area contributed by atoms with Crippen LogP contribution in [-0.2, 0) is 0 Å². The van der Waals surface area contributed by atoms with Gasteiger partial charge in [0.2, 0.25) is 0 Å². The number of hydrogen-bond acceptors (Lipinski definition) is 1. The molecule has 0 saturated carbocycles. The van der Waals surface area contributed by atoms with Gasteiger partial charge in [-0.3, -0.25) is 4.79 Å². The highest BCUT2D eigenvalue weighted by Gasteiger charge is 2.06. The van der Waals surface area contributed by atoms with Crippen molar-refractivity contribution in [3.05, 3.63) is 58.7 Å². The Morgan fingerprint density at radius 3 is 2.53 bits per heavy atom. The van der Waals surface area contributed by atoms with Gasteiger partial charge < -0.3 is 0 Å². The van der Waals surface area contributed by atoms with E-state index >= 15 is 0 Å². The maximum absolute atomic E-state index is 11.8. The SMILES string of the molecule is Cc1ccc(C(=O)N=C2C=CC(Cl)=CC2)cc1. The number of nitrogens with zero attached hydrogens (tertiary/aromatic N) is 1. The van der Waals surface area contributed by atoms with Crippen LogP contribution in [0.5, 0.6) is 0 Å². The average Bonchev–Trinajstić information content (AvgIpc) is 2.33. The summed E-state index contributed by atoms with van der Waals surface area (Å²) in [4.78, 5) is 15.9. The van der Waals surface area contributed by atoms with Crippen LogP contribution in [-0.4, -0.2) is 11.6 Å². The molecule has 0 aliphatic heterocycles. The molecule has 0 fully saturated rings. The van der Waals surface area contributed by atoms with Gasteiger partial charge in [0.15, 0.2) is 0 Å². The number of aliphatic imine (C=N–C) groups is 1. The van der Waals surface area contributed by atoms with Crippen molar-refractivity contribution < 1.29 is 4.79 Å².